The molecule has 0 aromatic heterocycles. The Morgan fingerprint density at radius 3 is 2.17 bits per heavy atom. The Bertz CT molecular complexity index is 1260. The van der Waals surface area contributed by atoms with E-state index in [0.717, 1.165) is 5.56 Å². The average Bonchev–Trinajstić information content (AvgIpc) is 2.93. The van der Waals surface area contributed by atoms with Crippen molar-refractivity contribution in [2.24, 2.45) is 5.73 Å². The summed E-state index contributed by atoms with van der Waals surface area (Å²) in [6.07, 6.45) is -10.7. The molecule has 2 atom stereocenters. The Morgan fingerprint density at radius 1 is 0.929 bits per heavy atom. The van der Waals surface area contributed by atoms with Crippen LogP contribution in [0.15, 0.2) is 48.5 Å². The molecular formula is C28H30F6N4O4. The molecule has 0 radical (unpaired) electrons. The van der Waals surface area contributed by atoms with Crippen LogP contribution in [-0.4, -0.2) is 64.4 Å². The summed E-state index contributed by atoms with van der Waals surface area (Å²) in [4.78, 5) is 43.8. The molecule has 14 heteroatoms. The summed E-state index contributed by atoms with van der Waals surface area (Å²) in [6.45, 7) is -0.424. The van der Waals surface area contributed by atoms with Crippen LogP contribution in [0.25, 0.3) is 0 Å². The van der Waals surface area contributed by atoms with E-state index in [1.54, 1.807) is 12.1 Å². The lowest BCUT2D eigenvalue weighted by Crippen LogP contribution is -2.71. The van der Waals surface area contributed by atoms with Crippen LogP contribution in [0.3, 0.4) is 0 Å². The van der Waals surface area contributed by atoms with Crippen molar-refractivity contribution in [1.82, 2.24) is 14.7 Å². The number of amides is 3. The smallest absolute Gasteiger partial charge is 0.416 e. The molecular weight excluding hydrogens is 570 g/mol. The maximum atomic E-state index is 13.5. The Kier molecular flexibility index (Phi) is 9.34. The summed E-state index contributed by atoms with van der Waals surface area (Å²) < 4.78 is 84.8. The normalized spacial score (nSPS) is 19.6. The molecule has 0 aliphatic carbocycles. The quantitative estimate of drug-likeness (QED) is 0.348. The van der Waals surface area contributed by atoms with Gasteiger partial charge in [0.05, 0.1) is 17.7 Å². The van der Waals surface area contributed by atoms with Crippen molar-refractivity contribution in [2.45, 2.75) is 63.4 Å². The maximum Gasteiger partial charge on any atom is 0.416 e. The highest BCUT2D eigenvalue weighted by Gasteiger charge is 2.49. The van der Waals surface area contributed by atoms with E-state index in [2.05, 4.69) is 0 Å². The van der Waals surface area contributed by atoms with Crippen LogP contribution in [0, 0.1) is 0 Å². The van der Waals surface area contributed by atoms with Gasteiger partial charge >= 0.3 is 18.4 Å². The fourth-order valence-corrected chi connectivity index (χ4v) is 5.23. The summed E-state index contributed by atoms with van der Waals surface area (Å²) in [5.74, 6) is -0.637. The highest BCUT2D eigenvalue weighted by atomic mass is 19.4. The molecule has 2 N–H and O–H groups in total. The molecule has 2 aliphatic heterocycles. The fraction of sp³-hybridized carbons (Fsp3) is 0.464. The van der Waals surface area contributed by atoms with Gasteiger partial charge in [0.25, 0.3) is 0 Å². The third-order valence-corrected chi connectivity index (χ3v) is 7.24. The number of halogens is 6. The number of ether oxygens (including phenoxy) is 1. The fourth-order valence-electron chi connectivity index (χ4n) is 5.23. The van der Waals surface area contributed by atoms with Gasteiger partial charge in [0.2, 0.25) is 11.8 Å². The average molecular weight is 601 g/mol. The third-order valence-electron chi connectivity index (χ3n) is 7.24. The first kappa shape index (κ1) is 31.1. The summed E-state index contributed by atoms with van der Waals surface area (Å²) >= 11 is 0. The maximum absolute atomic E-state index is 13.5. The van der Waals surface area contributed by atoms with Crippen LogP contribution in [0.2, 0.25) is 0 Å². The summed E-state index contributed by atoms with van der Waals surface area (Å²) in [7, 11) is 0. The standard InChI is InChI=1S/C28H30F6N4O4/c29-27(30,31)20-12-19(13-21(14-20)28(32,33)34)17-42-26(41)37-11-9-24(39)38-22(8-4-5-10-35)25(40)36(16-23(37)38)15-18-6-2-1-3-7-18/h1-3,6-7,12-14,22-23H,4-5,8-11,15-17,35H2/t22-,23+/m1/s1. The second kappa shape index (κ2) is 12.6. The van der Waals surface area contributed by atoms with Crippen LogP contribution in [0.4, 0.5) is 31.1 Å². The lowest BCUT2D eigenvalue weighted by molar-refractivity contribution is -0.169. The second-order valence-electron chi connectivity index (χ2n) is 10.2. The number of piperazine rings is 1. The van der Waals surface area contributed by atoms with E-state index < -0.39 is 54.0 Å². The second-order valence-corrected chi connectivity index (χ2v) is 10.2. The highest BCUT2D eigenvalue weighted by Crippen LogP contribution is 2.37. The monoisotopic (exact) mass is 600 g/mol. The summed E-state index contributed by atoms with van der Waals surface area (Å²) in [5, 5.41) is 0. The van der Waals surface area contributed by atoms with Gasteiger partial charge in [-0.05, 0) is 55.1 Å². The molecule has 42 heavy (non-hydrogen) atoms. The largest absolute Gasteiger partial charge is 0.444 e. The van der Waals surface area contributed by atoms with Gasteiger partial charge in [-0.1, -0.05) is 30.3 Å². The van der Waals surface area contributed by atoms with Crippen molar-refractivity contribution in [2.75, 3.05) is 19.6 Å². The number of hydrogen-bond donors (Lipinski definition) is 1. The van der Waals surface area contributed by atoms with E-state index in [1.807, 2.05) is 18.2 Å². The van der Waals surface area contributed by atoms with Crippen LogP contribution in [0.1, 0.15) is 47.9 Å². The number of nitrogens with zero attached hydrogens (tertiary/aromatic N) is 3. The number of carbonyl (C=O) groups excluding carboxylic acids is 3. The van der Waals surface area contributed by atoms with E-state index in [4.69, 9.17) is 10.5 Å². The third kappa shape index (κ3) is 7.15. The van der Waals surface area contributed by atoms with Gasteiger partial charge in [-0.15, -0.1) is 0 Å². The van der Waals surface area contributed by atoms with Gasteiger partial charge < -0.3 is 20.3 Å². The Morgan fingerprint density at radius 2 is 1.57 bits per heavy atom. The molecule has 0 bridgehead atoms. The van der Waals surface area contributed by atoms with Crippen LogP contribution < -0.4 is 5.73 Å². The number of fused-ring (bicyclic) bond motifs is 1. The molecule has 2 fully saturated rings. The minimum absolute atomic E-state index is 0.00931. The zero-order chi connectivity index (χ0) is 30.7. The predicted octanol–water partition coefficient (Wildman–Crippen LogP) is 4.76. The molecule has 2 heterocycles. The predicted molar refractivity (Wildman–Crippen MR) is 137 cm³/mol. The number of alkyl halides is 6. The van der Waals surface area contributed by atoms with Crippen molar-refractivity contribution in [3.05, 3.63) is 70.8 Å². The van der Waals surface area contributed by atoms with Crippen molar-refractivity contribution in [3.8, 4) is 0 Å². The Balaban J connectivity index is 1.57. The Hall–Kier alpha value is -3.81. The molecule has 2 saturated heterocycles. The molecule has 0 unspecified atom stereocenters. The Labute approximate surface area is 238 Å². The van der Waals surface area contributed by atoms with Crippen LogP contribution >= 0.6 is 0 Å². The van der Waals surface area contributed by atoms with E-state index in [-0.39, 0.29) is 43.9 Å². The van der Waals surface area contributed by atoms with Gasteiger partial charge in [-0.3, -0.25) is 14.5 Å². The molecule has 0 saturated carbocycles. The highest BCUT2D eigenvalue weighted by molar-refractivity contribution is 5.90. The number of carbonyl (C=O) groups is 3. The SMILES string of the molecule is NCCCC[C@@H]1C(=O)N(Cc2ccccc2)C[C@H]2N(C(=O)OCc3cc(C(F)(F)F)cc(C(F)(F)F)c3)CCC(=O)N12. The summed E-state index contributed by atoms with van der Waals surface area (Å²) in [6, 6.07) is 9.17. The first-order valence-corrected chi connectivity index (χ1v) is 13.3. The van der Waals surface area contributed by atoms with Crippen LogP contribution in [-0.2, 0) is 39.8 Å². The summed E-state index contributed by atoms with van der Waals surface area (Å²) in [5.41, 5.74) is 2.87. The van der Waals surface area contributed by atoms with Gasteiger partial charge in [0.15, 0.2) is 0 Å². The molecule has 2 aliphatic rings. The lowest BCUT2D eigenvalue weighted by atomic mass is 9.98. The molecule has 2 aromatic carbocycles. The number of rotatable bonds is 8. The lowest BCUT2D eigenvalue weighted by Gasteiger charge is -2.52. The molecule has 228 valence electrons. The van der Waals surface area contributed by atoms with Gasteiger partial charge in [0.1, 0.15) is 18.8 Å². The van der Waals surface area contributed by atoms with E-state index >= 15 is 0 Å². The molecule has 2 aromatic rings. The topological polar surface area (TPSA) is 96.2 Å². The van der Waals surface area contributed by atoms with E-state index in [1.165, 1.54) is 14.7 Å². The van der Waals surface area contributed by atoms with Crippen molar-refractivity contribution < 1.29 is 45.5 Å². The number of unbranched alkanes of at least 4 members (excludes halogenated alkanes) is 1. The molecule has 4 rings (SSSR count). The number of benzene rings is 2. The van der Waals surface area contributed by atoms with Crippen LogP contribution in [0.5, 0.6) is 0 Å². The van der Waals surface area contributed by atoms with Gasteiger partial charge in [-0.25, -0.2) is 4.79 Å². The minimum atomic E-state index is -5.05. The van der Waals surface area contributed by atoms with Crippen molar-refractivity contribution in [3.63, 3.8) is 0 Å². The molecule has 0 spiro atoms. The van der Waals surface area contributed by atoms with Gasteiger partial charge in [0, 0.05) is 19.5 Å². The number of hydrogen-bond acceptors (Lipinski definition) is 5. The van der Waals surface area contributed by atoms with Crippen molar-refractivity contribution >= 4 is 17.9 Å². The van der Waals surface area contributed by atoms with E-state index in [9.17, 15) is 40.7 Å². The number of nitrogens with two attached hydrogens (primary N) is 1. The van der Waals surface area contributed by atoms with Crippen molar-refractivity contribution in [1.29, 1.82) is 0 Å². The first-order chi connectivity index (χ1) is 19.8. The minimum Gasteiger partial charge on any atom is -0.444 e. The first-order valence-electron chi connectivity index (χ1n) is 13.3. The van der Waals surface area contributed by atoms with E-state index in [0.29, 0.717) is 37.9 Å². The zero-order valence-electron chi connectivity index (χ0n) is 22.5. The van der Waals surface area contributed by atoms with Gasteiger partial charge in [-0.2, -0.15) is 26.3 Å². The molecule has 3 amide bonds. The zero-order valence-corrected chi connectivity index (χ0v) is 22.5. The molecule has 8 nitrogen and oxygen atoms in total.